The van der Waals surface area contributed by atoms with E-state index in [0.29, 0.717) is 5.56 Å². The maximum atomic E-state index is 14.6. The summed E-state index contributed by atoms with van der Waals surface area (Å²) in [6, 6.07) is 10.7. The third-order valence-corrected chi connectivity index (χ3v) is 6.17. The van der Waals surface area contributed by atoms with Crippen LogP contribution >= 0.6 is 11.8 Å². The van der Waals surface area contributed by atoms with E-state index in [2.05, 4.69) is 35.4 Å². The maximum absolute atomic E-state index is 14.6. The van der Waals surface area contributed by atoms with Gasteiger partial charge < -0.3 is 9.64 Å². The van der Waals surface area contributed by atoms with Crippen LogP contribution in [0, 0.1) is 5.82 Å². The Morgan fingerprint density at radius 2 is 2.00 bits per heavy atom. The van der Waals surface area contributed by atoms with E-state index in [0.717, 1.165) is 27.5 Å². The zero-order valence-corrected chi connectivity index (χ0v) is 18.6. The van der Waals surface area contributed by atoms with Gasteiger partial charge in [-0.15, -0.1) is 11.8 Å². The van der Waals surface area contributed by atoms with Gasteiger partial charge >= 0.3 is 0 Å². The number of hydrogen-bond donors (Lipinski definition) is 1. The molecular formula is C23H26FN3O2S. The van der Waals surface area contributed by atoms with E-state index in [9.17, 15) is 9.18 Å². The summed E-state index contributed by atoms with van der Waals surface area (Å²) < 4.78 is 19.7. The predicted octanol–water partition coefficient (Wildman–Crippen LogP) is 4.71. The lowest BCUT2D eigenvalue weighted by Crippen LogP contribution is -2.42. The van der Waals surface area contributed by atoms with E-state index in [1.807, 2.05) is 38.2 Å². The monoisotopic (exact) mass is 427 g/mol. The molecule has 0 spiro atoms. The molecular weight excluding hydrogens is 401 g/mol. The molecule has 1 heterocycles. The Kier molecular flexibility index (Phi) is 6.51. The van der Waals surface area contributed by atoms with E-state index >= 15 is 0 Å². The minimum Gasteiger partial charge on any atom is -0.497 e. The first-order chi connectivity index (χ1) is 14.2. The molecule has 7 heteroatoms. The average Bonchev–Trinajstić information content (AvgIpc) is 2.71. The Morgan fingerprint density at radius 3 is 2.67 bits per heavy atom. The number of ether oxygens (including phenoxy) is 1. The highest BCUT2D eigenvalue weighted by Gasteiger charge is 2.29. The minimum absolute atomic E-state index is 0.186. The van der Waals surface area contributed by atoms with Gasteiger partial charge in [-0.25, -0.2) is 9.82 Å². The number of rotatable bonds is 6. The maximum Gasteiger partial charge on any atom is 0.250 e. The average molecular weight is 428 g/mol. The van der Waals surface area contributed by atoms with Gasteiger partial charge in [-0.05, 0) is 62.7 Å². The lowest BCUT2D eigenvalue weighted by Gasteiger charge is -2.40. The standard InChI is InChI=1S/C23H26FN3O2S/c1-15-12-23(2,3)27(4)21-11-20(24)16(10-19(15)21)13-25-26-22(28)14-30-18-8-6-17(29-5)7-9-18/h6-13H,14H2,1-5H3,(H,26,28)/b25-13+. The van der Waals surface area contributed by atoms with Crippen molar-refractivity contribution in [3.8, 4) is 5.75 Å². The highest BCUT2D eigenvalue weighted by Crippen LogP contribution is 2.38. The van der Waals surface area contributed by atoms with Crippen molar-refractivity contribution in [2.45, 2.75) is 31.2 Å². The second kappa shape index (κ2) is 8.92. The molecule has 1 N–H and O–H groups in total. The van der Waals surface area contributed by atoms with E-state index in [4.69, 9.17) is 4.74 Å². The third-order valence-electron chi connectivity index (χ3n) is 5.16. The Bertz CT molecular complexity index is 1000. The Morgan fingerprint density at radius 1 is 1.30 bits per heavy atom. The molecule has 0 saturated carbocycles. The van der Waals surface area contributed by atoms with Crippen LogP contribution in [0.15, 0.2) is 52.5 Å². The third kappa shape index (κ3) is 4.84. The number of methoxy groups -OCH3 is 1. The van der Waals surface area contributed by atoms with E-state index in [1.54, 1.807) is 13.2 Å². The molecule has 0 saturated heterocycles. The van der Waals surface area contributed by atoms with Gasteiger partial charge in [-0.1, -0.05) is 6.08 Å². The van der Waals surface area contributed by atoms with E-state index in [-0.39, 0.29) is 23.0 Å². The van der Waals surface area contributed by atoms with Crippen LogP contribution in [0.4, 0.5) is 10.1 Å². The summed E-state index contributed by atoms with van der Waals surface area (Å²) in [5, 5.41) is 3.93. The summed E-state index contributed by atoms with van der Waals surface area (Å²) in [5.74, 6) is 0.331. The SMILES string of the molecule is COc1ccc(SCC(=O)N/N=C/c2cc3c(cc2F)N(C)C(C)(C)C=C3C)cc1. The summed E-state index contributed by atoms with van der Waals surface area (Å²) in [4.78, 5) is 15.0. The number of likely N-dealkylation sites (N-methyl/N-ethyl adjacent to an activating group) is 1. The van der Waals surface area contributed by atoms with Gasteiger partial charge in [0.1, 0.15) is 11.6 Å². The molecule has 0 fully saturated rings. The lowest BCUT2D eigenvalue weighted by molar-refractivity contribution is -0.118. The lowest BCUT2D eigenvalue weighted by atomic mass is 9.88. The van der Waals surface area contributed by atoms with Gasteiger partial charge in [0.2, 0.25) is 5.91 Å². The molecule has 0 aliphatic carbocycles. The largest absolute Gasteiger partial charge is 0.497 e. The van der Waals surface area contributed by atoms with Crippen molar-refractivity contribution in [1.29, 1.82) is 0 Å². The quantitative estimate of drug-likeness (QED) is 0.412. The van der Waals surface area contributed by atoms with Gasteiger partial charge in [-0.2, -0.15) is 5.10 Å². The van der Waals surface area contributed by atoms with Crippen molar-refractivity contribution in [2.24, 2.45) is 5.10 Å². The summed E-state index contributed by atoms with van der Waals surface area (Å²) >= 11 is 1.39. The topological polar surface area (TPSA) is 53.9 Å². The van der Waals surface area contributed by atoms with E-state index in [1.165, 1.54) is 24.0 Å². The number of fused-ring (bicyclic) bond motifs is 1. The number of nitrogens with zero attached hydrogens (tertiary/aromatic N) is 2. The first kappa shape index (κ1) is 21.9. The first-order valence-electron chi connectivity index (χ1n) is 9.57. The summed E-state index contributed by atoms with van der Waals surface area (Å²) in [5.41, 5.74) is 5.49. The Balaban J connectivity index is 1.63. The number of benzene rings is 2. The summed E-state index contributed by atoms with van der Waals surface area (Å²) in [6.45, 7) is 6.20. The molecule has 2 aromatic rings. The van der Waals surface area contributed by atoms with Gasteiger partial charge in [0, 0.05) is 28.8 Å². The molecule has 0 radical (unpaired) electrons. The smallest absolute Gasteiger partial charge is 0.250 e. The number of carbonyl (C=O) groups is 1. The summed E-state index contributed by atoms with van der Waals surface area (Å²) in [6.07, 6.45) is 3.50. The van der Waals surface area contributed by atoms with E-state index < -0.39 is 0 Å². The second-order valence-electron chi connectivity index (χ2n) is 7.69. The number of anilines is 1. The number of thioether (sulfide) groups is 1. The molecule has 0 unspecified atom stereocenters. The number of hydrogen-bond acceptors (Lipinski definition) is 5. The van der Waals surface area contributed by atoms with Gasteiger partial charge in [0.05, 0.1) is 24.6 Å². The van der Waals surface area contributed by atoms with Crippen molar-refractivity contribution in [1.82, 2.24) is 5.43 Å². The van der Waals surface area contributed by atoms with Crippen LogP contribution in [-0.4, -0.2) is 37.6 Å². The van der Waals surface area contributed by atoms with Gasteiger partial charge in [0.15, 0.2) is 0 Å². The molecule has 5 nitrogen and oxygen atoms in total. The van der Waals surface area contributed by atoms with Crippen molar-refractivity contribution < 1.29 is 13.9 Å². The second-order valence-corrected chi connectivity index (χ2v) is 8.74. The number of amides is 1. The van der Waals surface area contributed by atoms with Crippen LogP contribution in [0.1, 0.15) is 31.9 Å². The molecule has 158 valence electrons. The molecule has 2 aromatic carbocycles. The normalized spacial score (nSPS) is 15.0. The molecule has 1 aliphatic heterocycles. The van der Waals surface area contributed by atoms with Crippen molar-refractivity contribution >= 4 is 35.1 Å². The Labute approximate surface area is 181 Å². The number of allylic oxidation sites excluding steroid dienone is 1. The number of nitrogens with one attached hydrogen (secondary N) is 1. The molecule has 1 amide bonds. The van der Waals surface area contributed by atoms with Crippen LogP contribution < -0.4 is 15.1 Å². The van der Waals surface area contributed by atoms with Crippen LogP contribution in [-0.2, 0) is 4.79 Å². The first-order valence-corrected chi connectivity index (χ1v) is 10.6. The van der Waals surface area contributed by atoms with Crippen LogP contribution in [0.25, 0.3) is 5.57 Å². The molecule has 0 atom stereocenters. The van der Waals surface area contributed by atoms with Crippen LogP contribution in [0.2, 0.25) is 0 Å². The van der Waals surface area contributed by atoms with Crippen molar-refractivity contribution in [3.05, 3.63) is 59.4 Å². The molecule has 30 heavy (non-hydrogen) atoms. The van der Waals surface area contributed by atoms with Crippen LogP contribution in [0.5, 0.6) is 5.75 Å². The summed E-state index contributed by atoms with van der Waals surface area (Å²) in [7, 11) is 3.56. The number of hydrazone groups is 1. The molecule has 0 aromatic heterocycles. The number of carbonyl (C=O) groups excluding carboxylic acids is 1. The van der Waals surface area contributed by atoms with Crippen LogP contribution in [0.3, 0.4) is 0 Å². The highest BCUT2D eigenvalue weighted by molar-refractivity contribution is 8.00. The molecule has 1 aliphatic rings. The van der Waals surface area contributed by atoms with Gasteiger partial charge in [-0.3, -0.25) is 4.79 Å². The fourth-order valence-corrected chi connectivity index (χ4v) is 4.00. The van der Waals surface area contributed by atoms with Crippen molar-refractivity contribution in [3.63, 3.8) is 0 Å². The fourth-order valence-electron chi connectivity index (χ4n) is 3.31. The zero-order chi connectivity index (χ0) is 21.9. The zero-order valence-electron chi connectivity index (χ0n) is 17.8. The Hall–Kier alpha value is -2.80. The van der Waals surface area contributed by atoms with Gasteiger partial charge in [0.25, 0.3) is 0 Å². The number of halogens is 1. The predicted molar refractivity (Wildman–Crippen MR) is 122 cm³/mol. The molecule has 0 bridgehead atoms. The van der Waals surface area contributed by atoms with Crippen molar-refractivity contribution in [2.75, 3.05) is 24.8 Å². The minimum atomic E-state index is -0.378. The fraction of sp³-hybridized carbons (Fsp3) is 0.304. The highest BCUT2D eigenvalue weighted by atomic mass is 32.2. The molecule has 3 rings (SSSR count).